The quantitative estimate of drug-likeness (QED) is 0.688. The number of benzene rings is 1. The van der Waals surface area contributed by atoms with Gasteiger partial charge in [-0.3, -0.25) is 4.79 Å². The lowest BCUT2D eigenvalue weighted by atomic mass is 9.94. The second-order valence-electron chi connectivity index (χ2n) is 3.58. The van der Waals surface area contributed by atoms with Crippen LogP contribution in [0.2, 0.25) is 0 Å². The van der Waals surface area contributed by atoms with E-state index in [0.717, 1.165) is 28.5 Å². The summed E-state index contributed by atoms with van der Waals surface area (Å²) in [5, 5.41) is 0. The third kappa shape index (κ3) is 1.85. The van der Waals surface area contributed by atoms with Gasteiger partial charge in [-0.05, 0) is 43.0 Å². The van der Waals surface area contributed by atoms with E-state index in [1.54, 1.807) is 7.11 Å². The Kier molecular flexibility index (Phi) is 3.42. The largest absolute Gasteiger partial charge is 0.380 e. The average molecular weight is 192 g/mol. The third-order valence-corrected chi connectivity index (χ3v) is 2.60. The second-order valence-corrected chi connectivity index (χ2v) is 3.58. The molecule has 0 aliphatic heterocycles. The van der Waals surface area contributed by atoms with Gasteiger partial charge in [0.25, 0.3) is 0 Å². The minimum Gasteiger partial charge on any atom is -0.380 e. The predicted molar refractivity (Wildman–Crippen MR) is 56.8 cm³/mol. The zero-order valence-electron chi connectivity index (χ0n) is 9.18. The fourth-order valence-electron chi connectivity index (χ4n) is 1.79. The Morgan fingerprint density at radius 1 is 1.29 bits per heavy atom. The fraction of sp³-hybridized carbons (Fsp3) is 0.417. The molecule has 0 heterocycles. The van der Waals surface area contributed by atoms with E-state index in [4.69, 9.17) is 4.74 Å². The summed E-state index contributed by atoms with van der Waals surface area (Å²) in [6.07, 6.45) is 0.920. The van der Waals surface area contributed by atoms with Crippen molar-refractivity contribution in [3.05, 3.63) is 33.9 Å². The first-order valence-electron chi connectivity index (χ1n) is 4.65. The molecule has 0 fully saturated rings. The van der Waals surface area contributed by atoms with E-state index in [2.05, 4.69) is 0 Å². The highest BCUT2D eigenvalue weighted by atomic mass is 16.5. The molecule has 2 nitrogen and oxygen atoms in total. The minimum atomic E-state index is 0.568. The van der Waals surface area contributed by atoms with Gasteiger partial charge < -0.3 is 4.74 Å². The first-order chi connectivity index (χ1) is 6.61. The maximum Gasteiger partial charge on any atom is 0.150 e. The maximum absolute atomic E-state index is 10.9. The van der Waals surface area contributed by atoms with E-state index in [-0.39, 0.29) is 0 Å². The Bertz CT molecular complexity index is 354. The number of hydrogen-bond acceptors (Lipinski definition) is 2. The zero-order valence-corrected chi connectivity index (χ0v) is 9.18. The molecule has 2 heteroatoms. The number of rotatable bonds is 3. The molecular weight excluding hydrogens is 176 g/mol. The van der Waals surface area contributed by atoms with Crippen molar-refractivity contribution in [3.63, 3.8) is 0 Å². The van der Waals surface area contributed by atoms with Gasteiger partial charge in [0, 0.05) is 12.7 Å². The van der Waals surface area contributed by atoms with Crippen LogP contribution in [0.25, 0.3) is 0 Å². The summed E-state index contributed by atoms with van der Waals surface area (Å²) in [4.78, 5) is 10.9. The molecule has 0 unspecified atom stereocenters. The monoisotopic (exact) mass is 192 g/mol. The molecule has 0 spiro atoms. The molecule has 0 aliphatic rings. The maximum atomic E-state index is 10.9. The van der Waals surface area contributed by atoms with Gasteiger partial charge in [0.2, 0.25) is 0 Å². The van der Waals surface area contributed by atoms with Crippen molar-refractivity contribution < 1.29 is 9.53 Å². The number of aryl methyl sites for hydroxylation is 2. The Labute approximate surface area is 84.9 Å². The van der Waals surface area contributed by atoms with Gasteiger partial charge in [-0.15, -0.1) is 0 Å². The van der Waals surface area contributed by atoms with E-state index < -0.39 is 0 Å². The van der Waals surface area contributed by atoms with Crippen LogP contribution in [0, 0.1) is 20.8 Å². The smallest absolute Gasteiger partial charge is 0.150 e. The van der Waals surface area contributed by atoms with Gasteiger partial charge in [-0.25, -0.2) is 0 Å². The molecule has 0 aliphatic carbocycles. The van der Waals surface area contributed by atoms with Crippen LogP contribution in [0.4, 0.5) is 0 Å². The Hall–Kier alpha value is -1.15. The summed E-state index contributed by atoms with van der Waals surface area (Å²) < 4.78 is 5.11. The molecule has 14 heavy (non-hydrogen) atoms. The van der Waals surface area contributed by atoms with E-state index >= 15 is 0 Å². The van der Waals surface area contributed by atoms with Crippen molar-refractivity contribution in [2.45, 2.75) is 27.4 Å². The fourth-order valence-corrected chi connectivity index (χ4v) is 1.79. The van der Waals surface area contributed by atoms with Gasteiger partial charge in [0.15, 0.2) is 6.29 Å². The molecule has 1 aromatic rings. The van der Waals surface area contributed by atoms with Crippen LogP contribution in [0.5, 0.6) is 0 Å². The Balaban J connectivity index is 3.35. The summed E-state index contributed by atoms with van der Waals surface area (Å²) in [6, 6.07) is 2.03. The van der Waals surface area contributed by atoms with Crippen molar-refractivity contribution in [3.8, 4) is 0 Å². The van der Waals surface area contributed by atoms with E-state index in [0.29, 0.717) is 6.61 Å². The molecule has 0 amide bonds. The van der Waals surface area contributed by atoms with Crippen molar-refractivity contribution in [1.82, 2.24) is 0 Å². The number of carbonyl (C=O) groups excluding carboxylic acids is 1. The number of methoxy groups -OCH3 is 1. The van der Waals surface area contributed by atoms with E-state index in [1.807, 2.05) is 26.8 Å². The number of aldehydes is 1. The van der Waals surface area contributed by atoms with Gasteiger partial charge in [-0.1, -0.05) is 6.07 Å². The lowest BCUT2D eigenvalue weighted by Crippen LogP contribution is -2.02. The van der Waals surface area contributed by atoms with E-state index in [9.17, 15) is 4.79 Å². The second kappa shape index (κ2) is 4.38. The summed E-state index contributed by atoms with van der Waals surface area (Å²) in [7, 11) is 1.67. The zero-order chi connectivity index (χ0) is 10.7. The molecule has 0 N–H and O–H groups in total. The number of carbonyl (C=O) groups is 1. The first kappa shape index (κ1) is 10.9. The summed E-state index contributed by atoms with van der Waals surface area (Å²) in [6.45, 7) is 6.54. The predicted octanol–water partition coefficient (Wildman–Crippen LogP) is 2.57. The minimum absolute atomic E-state index is 0.568. The lowest BCUT2D eigenvalue weighted by Gasteiger charge is -2.13. The molecular formula is C12H16O2. The topological polar surface area (TPSA) is 26.3 Å². The van der Waals surface area contributed by atoms with Crippen LogP contribution in [0.3, 0.4) is 0 Å². The van der Waals surface area contributed by atoms with Crippen LogP contribution < -0.4 is 0 Å². The average Bonchev–Trinajstić information content (AvgIpc) is 2.12. The van der Waals surface area contributed by atoms with Crippen LogP contribution in [-0.2, 0) is 11.3 Å². The summed E-state index contributed by atoms with van der Waals surface area (Å²) >= 11 is 0. The van der Waals surface area contributed by atoms with Crippen molar-refractivity contribution in [1.29, 1.82) is 0 Å². The molecule has 0 saturated heterocycles. The van der Waals surface area contributed by atoms with Gasteiger partial charge in [-0.2, -0.15) is 0 Å². The summed E-state index contributed by atoms with van der Waals surface area (Å²) in [5.41, 5.74) is 5.18. The first-order valence-corrected chi connectivity index (χ1v) is 4.65. The van der Waals surface area contributed by atoms with Crippen LogP contribution in [-0.4, -0.2) is 13.4 Å². The van der Waals surface area contributed by atoms with Crippen molar-refractivity contribution >= 4 is 6.29 Å². The normalized spacial score (nSPS) is 10.3. The van der Waals surface area contributed by atoms with Gasteiger partial charge in [0.1, 0.15) is 0 Å². The molecule has 0 aromatic heterocycles. The van der Waals surface area contributed by atoms with Gasteiger partial charge in [0.05, 0.1) is 6.61 Å². The number of hydrogen-bond donors (Lipinski definition) is 0. The van der Waals surface area contributed by atoms with Crippen molar-refractivity contribution in [2.24, 2.45) is 0 Å². The van der Waals surface area contributed by atoms with Crippen molar-refractivity contribution in [2.75, 3.05) is 7.11 Å². The molecule has 1 aromatic carbocycles. The molecule has 76 valence electrons. The Morgan fingerprint density at radius 3 is 2.43 bits per heavy atom. The SMILES string of the molecule is COCc1c(C)cc(C)c(C=O)c1C. The van der Waals surface area contributed by atoms with Crippen LogP contribution in [0.1, 0.15) is 32.6 Å². The van der Waals surface area contributed by atoms with Crippen LogP contribution >= 0.6 is 0 Å². The molecule has 0 atom stereocenters. The number of ether oxygens (including phenoxy) is 1. The van der Waals surface area contributed by atoms with Crippen LogP contribution in [0.15, 0.2) is 6.07 Å². The highest BCUT2D eigenvalue weighted by Crippen LogP contribution is 2.21. The Morgan fingerprint density at radius 2 is 1.93 bits per heavy atom. The molecule has 0 radical (unpaired) electrons. The standard InChI is InChI=1S/C12H16O2/c1-8-5-9(2)12(7-14-4)10(3)11(8)6-13/h5-6H,7H2,1-4H3. The lowest BCUT2D eigenvalue weighted by molar-refractivity contribution is 0.112. The molecule has 1 rings (SSSR count). The highest BCUT2D eigenvalue weighted by molar-refractivity contribution is 5.80. The highest BCUT2D eigenvalue weighted by Gasteiger charge is 2.09. The molecule has 0 saturated carbocycles. The summed E-state index contributed by atoms with van der Waals surface area (Å²) in [5.74, 6) is 0. The molecule has 0 bridgehead atoms. The van der Waals surface area contributed by atoms with Gasteiger partial charge >= 0.3 is 0 Å². The van der Waals surface area contributed by atoms with E-state index in [1.165, 1.54) is 5.56 Å². The third-order valence-electron chi connectivity index (χ3n) is 2.60.